The molecule has 3 rings (SSSR count). The molecule has 2 atom stereocenters. The monoisotopic (exact) mass is 334 g/mol. The van der Waals surface area contributed by atoms with E-state index >= 15 is 0 Å². The Kier molecular flexibility index (Phi) is 5.21. The maximum atomic E-state index is 13.9. The Morgan fingerprint density at radius 2 is 2.21 bits per heavy atom. The molecule has 4 nitrogen and oxygen atoms in total. The average Bonchev–Trinajstić information content (AvgIpc) is 3.06. The van der Waals surface area contributed by atoms with E-state index in [-0.39, 0.29) is 23.7 Å². The molecule has 0 spiro atoms. The normalized spacial score (nSPS) is 26.5. The van der Waals surface area contributed by atoms with Crippen molar-refractivity contribution in [3.05, 3.63) is 35.6 Å². The third-order valence-electron chi connectivity index (χ3n) is 5.58. The fourth-order valence-corrected chi connectivity index (χ4v) is 4.22. The highest BCUT2D eigenvalue weighted by Crippen LogP contribution is 2.49. The number of carbonyl (C=O) groups is 1. The van der Waals surface area contributed by atoms with Crippen molar-refractivity contribution in [2.24, 2.45) is 11.3 Å². The molecule has 1 amide bonds. The van der Waals surface area contributed by atoms with Crippen LogP contribution in [0, 0.1) is 17.2 Å². The lowest BCUT2D eigenvalue weighted by atomic mass is 9.81. The van der Waals surface area contributed by atoms with Crippen molar-refractivity contribution in [2.75, 3.05) is 40.4 Å². The van der Waals surface area contributed by atoms with E-state index in [2.05, 4.69) is 4.90 Å². The van der Waals surface area contributed by atoms with Crippen LogP contribution in [0.15, 0.2) is 24.3 Å². The van der Waals surface area contributed by atoms with E-state index in [9.17, 15) is 9.18 Å². The van der Waals surface area contributed by atoms with Crippen LogP contribution >= 0.6 is 0 Å². The van der Waals surface area contributed by atoms with Crippen molar-refractivity contribution in [1.29, 1.82) is 0 Å². The van der Waals surface area contributed by atoms with E-state index in [1.165, 1.54) is 18.9 Å². The van der Waals surface area contributed by atoms with Crippen LogP contribution in [0.4, 0.5) is 4.39 Å². The van der Waals surface area contributed by atoms with Crippen LogP contribution in [0.2, 0.25) is 0 Å². The molecule has 24 heavy (non-hydrogen) atoms. The van der Waals surface area contributed by atoms with E-state index in [0.717, 1.165) is 25.1 Å². The van der Waals surface area contributed by atoms with Gasteiger partial charge in [0.05, 0.1) is 6.61 Å². The van der Waals surface area contributed by atoms with Gasteiger partial charge in [-0.15, -0.1) is 0 Å². The van der Waals surface area contributed by atoms with Crippen LogP contribution in [0.5, 0.6) is 0 Å². The molecule has 1 saturated heterocycles. The summed E-state index contributed by atoms with van der Waals surface area (Å²) in [5, 5.41) is 0. The summed E-state index contributed by atoms with van der Waals surface area (Å²) in [6.07, 6.45) is 3.57. The van der Waals surface area contributed by atoms with Gasteiger partial charge >= 0.3 is 0 Å². The van der Waals surface area contributed by atoms with E-state index in [1.54, 1.807) is 25.1 Å². The first-order valence-electron chi connectivity index (χ1n) is 8.74. The molecule has 0 radical (unpaired) electrons. The largest absolute Gasteiger partial charge is 0.371 e. The summed E-state index contributed by atoms with van der Waals surface area (Å²) < 4.78 is 19.7. The third kappa shape index (κ3) is 3.62. The second-order valence-corrected chi connectivity index (χ2v) is 7.49. The fourth-order valence-electron chi connectivity index (χ4n) is 4.22. The Bertz CT molecular complexity index is 592. The molecule has 1 heterocycles. The summed E-state index contributed by atoms with van der Waals surface area (Å²) in [6.45, 7) is 3.36. The summed E-state index contributed by atoms with van der Waals surface area (Å²) >= 11 is 0. The van der Waals surface area contributed by atoms with Gasteiger partial charge in [-0.2, -0.15) is 0 Å². The van der Waals surface area contributed by atoms with Crippen molar-refractivity contribution in [3.8, 4) is 0 Å². The number of likely N-dealkylation sites (tertiary alicyclic amines) is 1. The molecular formula is C19H27FN2O2. The van der Waals surface area contributed by atoms with Gasteiger partial charge in [0, 0.05) is 44.7 Å². The number of carbonyl (C=O) groups excluding carboxylic acids is 1. The van der Waals surface area contributed by atoms with Crippen LogP contribution in [0.1, 0.15) is 24.8 Å². The molecule has 2 aliphatic rings. The molecule has 0 bridgehead atoms. The van der Waals surface area contributed by atoms with Crippen LogP contribution in [0.25, 0.3) is 0 Å². The van der Waals surface area contributed by atoms with Crippen molar-refractivity contribution >= 4 is 5.91 Å². The Morgan fingerprint density at radius 1 is 1.42 bits per heavy atom. The van der Waals surface area contributed by atoms with Crippen molar-refractivity contribution in [1.82, 2.24) is 9.80 Å². The number of ether oxygens (including phenoxy) is 1. The molecular weight excluding hydrogens is 307 g/mol. The molecule has 0 N–H and O–H groups in total. The van der Waals surface area contributed by atoms with Crippen LogP contribution in [-0.4, -0.2) is 56.1 Å². The van der Waals surface area contributed by atoms with Gasteiger partial charge in [0.25, 0.3) is 0 Å². The van der Waals surface area contributed by atoms with Gasteiger partial charge in [0.1, 0.15) is 12.4 Å². The highest BCUT2D eigenvalue weighted by Gasteiger charge is 2.49. The maximum Gasteiger partial charge on any atom is 0.248 e. The first-order valence-corrected chi connectivity index (χ1v) is 8.74. The zero-order valence-electron chi connectivity index (χ0n) is 14.6. The summed E-state index contributed by atoms with van der Waals surface area (Å²) in [5.41, 5.74) is 0.897. The number of amides is 1. The minimum absolute atomic E-state index is 0.00200. The quantitative estimate of drug-likeness (QED) is 0.801. The van der Waals surface area contributed by atoms with Crippen molar-refractivity contribution in [3.63, 3.8) is 0 Å². The second-order valence-electron chi connectivity index (χ2n) is 7.49. The minimum Gasteiger partial charge on any atom is -0.371 e. The number of benzene rings is 1. The van der Waals surface area contributed by atoms with Crippen LogP contribution in [-0.2, 0) is 16.1 Å². The number of halogens is 1. The fraction of sp³-hybridized carbons (Fsp3) is 0.632. The number of hydrogen-bond donors (Lipinski definition) is 0. The molecule has 0 aromatic heterocycles. The Labute approximate surface area is 143 Å². The van der Waals surface area contributed by atoms with Crippen molar-refractivity contribution < 1.29 is 13.9 Å². The maximum absolute atomic E-state index is 13.9. The Hall–Kier alpha value is -1.46. The standard InChI is InChI=1S/C19H27FN2O2/c1-21(2)18(23)12-24-14-19-9-5-7-16(19)11-22(13-19)10-15-6-3-4-8-17(15)20/h3-4,6,8,16H,5,7,9-14H2,1-2H3/t16-,19+/m0/s1. The molecule has 132 valence electrons. The summed E-state index contributed by atoms with van der Waals surface area (Å²) in [4.78, 5) is 15.6. The molecule has 1 aliphatic heterocycles. The average molecular weight is 334 g/mol. The van der Waals surface area contributed by atoms with Crippen molar-refractivity contribution in [2.45, 2.75) is 25.8 Å². The number of hydrogen-bond acceptors (Lipinski definition) is 3. The highest BCUT2D eigenvalue weighted by molar-refractivity contribution is 5.76. The summed E-state index contributed by atoms with van der Waals surface area (Å²) in [7, 11) is 3.49. The number of rotatable bonds is 6. The zero-order valence-corrected chi connectivity index (χ0v) is 14.6. The molecule has 1 aromatic carbocycles. The molecule has 5 heteroatoms. The Morgan fingerprint density at radius 3 is 2.96 bits per heavy atom. The third-order valence-corrected chi connectivity index (χ3v) is 5.58. The molecule has 2 fully saturated rings. The van der Waals surface area contributed by atoms with Gasteiger partial charge in [-0.25, -0.2) is 4.39 Å². The summed E-state index contributed by atoms with van der Waals surface area (Å²) in [6, 6.07) is 7.01. The molecule has 1 aliphatic carbocycles. The molecule has 0 unspecified atom stereocenters. The first kappa shape index (κ1) is 17.4. The predicted molar refractivity (Wildman–Crippen MR) is 91.0 cm³/mol. The van der Waals surface area contributed by atoms with E-state index in [4.69, 9.17) is 4.74 Å². The topological polar surface area (TPSA) is 32.8 Å². The molecule has 1 aromatic rings. The van der Waals surface area contributed by atoms with Crippen LogP contribution in [0.3, 0.4) is 0 Å². The zero-order chi connectivity index (χ0) is 17.2. The van der Waals surface area contributed by atoms with E-state index in [1.807, 2.05) is 12.1 Å². The second kappa shape index (κ2) is 7.19. The summed E-state index contributed by atoms with van der Waals surface area (Å²) in [5.74, 6) is 0.470. The molecule has 1 saturated carbocycles. The van der Waals surface area contributed by atoms with Gasteiger partial charge in [0.15, 0.2) is 0 Å². The number of likely N-dealkylation sites (N-methyl/N-ethyl adjacent to an activating group) is 1. The van der Waals surface area contributed by atoms with Gasteiger partial charge in [-0.05, 0) is 24.8 Å². The predicted octanol–water partition coefficient (Wildman–Crippen LogP) is 2.53. The Balaban J connectivity index is 1.59. The lowest BCUT2D eigenvalue weighted by molar-refractivity contribution is -0.135. The minimum atomic E-state index is -0.128. The van der Waals surface area contributed by atoms with E-state index < -0.39 is 0 Å². The SMILES string of the molecule is CN(C)C(=O)COC[C@]12CCC[C@H]1CN(Cc1ccccc1F)C2. The lowest BCUT2D eigenvalue weighted by Gasteiger charge is -2.29. The number of nitrogens with zero attached hydrogens (tertiary/aromatic N) is 2. The van der Waals surface area contributed by atoms with E-state index in [0.29, 0.717) is 19.1 Å². The van der Waals surface area contributed by atoms with Gasteiger partial charge < -0.3 is 9.64 Å². The first-order chi connectivity index (χ1) is 11.5. The number of fused-ring (bicyclic) bond motifs is 1. The van der Waals surface area contributed by atoms with Gasteiger partial charge in [0.2, 0.25) is 5.91 Å². The van der Waals surface area contributed by atoms with Gasteiger partial charge in [-0.3, -0.25) is 9.69 Å². The lowest BCUT2D eigenvalue weighted by Crippen LogP contribution is -2.34. The smallest absolute Gasteiger partial charge is 0.248 e. The van der Waals surface area contributed by atoms with Crippen LogP contribution < -0.4 is 0 Å². The highest BCUT2D eigenvalue weighted by atomic mass is 19.1. The van der Waals surface area contributed by atoms with Gasteiger partial charge in [-0.1, -0.05) is 24.6 Å².